The molecule has 4 nitrogen and oxygen atoms in total. The first-order valence-corrected chi connectivity index (χ1v) is 4.78. The highest BCUT2D eigenvalue weighted by molar-refractivity contribution is 5.16. The summed E-state index contributed by atoms with van der Waals surface area (Å²) in [4.78, 5) is 4.32. The van der Waals surface area contributed by atoms with Gasteiger partial charge in [-0.3, -0.25) is 4.68 Å². The minimum Gasteiger partial charge on any atom is -0.481 e. The van der Waals surface area contributed by atoms with Crippen LogP contribution < -0.4 is 4.74 Å². The quantitative estimate of drug-likeness (QED) is 0.761. The van der Waals surface area contributed by atoms with Gasteiger partial charge in [0.25, 0.3) is 0 Å². The Bertz CT molecular complexity index is 451. The first-order valence-electron chi connectivity index (χ1n) is 4.78. The number of hydrogen-bond donors (Lipinski definition) is 0. The summed E-state index contributed by atoms with van der Waals surface area (Å²) in [7, 11) is 1.62. The smallest absolute Gasteiger partial charge is 0.213 e. The maximum atomic E-state index is 5.06. The zero-order chi connectivity index (χ0) is 10.7. The SMILES string of the molecule is COc1cccc(Cn2nccc2C)n1. The van der Waals surface area contributed by atoms with Crippen molar-refractivity contribution in [1.82, 2.24) is 14.8 Å². The average molecular weight is 203 g/mol. The molecule has 0 atom stereocenters. The van der Waals surface area contributed by atoms with E-state index in [9.17, 15) is 0 Å². The highest BCUT2D eigenvalue weighted by atomic mass is 16.5. The van der Waals surface area contributed by atoms with Crippen molar-refractivity contribution in [2.45, 2.75) is 13.5 Å². The van der Waals surface area contributed by atoms with Crippen LogP contribution in [0.15, 0.2) is 30.5 Å². The number of ether oxygens (including phenoxy) is 1. The van der Waals surface area contributed by atoms with Crippen LogP contribution >= 0.6 is 0 Å². The van der Waals surface area contributed by atoms with E-state index < -0.39 is 0 Å². The maximum Gasteiger partial charge on any atom is 0.213 e. The number of aryl methyl sites for hydroxylation is 1. The number of hydrogen-bond acceptors (Lipinski definition) is 3. The standard InChI is InChI=1S/C11H13N3O/c1-9-6-7-12-14(9)8-10-4-3-5-11(13-10)15-2/h3-7H,8H2,1-2H3. The lowest BCUT2D eigenvalue weighted by Gasteiger charge is -2.05. The molecule has 15 heavy (non-hydrogen) atoms. The van der Waals surface area contributed by atoms with Crippen molar-refractivity contribution >= 4 is 0 Å². The Kier molecular flexibility index (Phi) is 2.67. The van der Waals surface area contributed by atoms with Gasteiger partial charge in [0.1, 0.15) is 0 Å². The number of pyridine rings is 1. The van der Waals surface area contributed by atoms with Crippen LogP contribution in [0.25, 0.3) is 0 Å². The molecule has 0 aliphatic carbocycles. The molecule has 0 aliphatic heterocycles. The Morgan fingerprint density at radius 3 is 2.87 bits per heavy atom. The largest absolute Gasteiger partial charge is 0.481 e. The van der Waals surface area contributed by atoms with Crippen molar-refractivity contribution < 1.29 is 4.74 Å². The minimum atomic E-state index is 0.636. The fourth-order valence-electron chi connectivity index (χ4n) is 1.38. The molecule has 0 spiro atoms. The molecule has 0 aliphatic rings. The molecule has 0 bridgehead atoms. The van der Waals surface area contributed by atoms with E-state index in [2.05, 4.69) is 10.1 Å². The van der Waals surface area contributed by atoms with Crippen LogP contribution in [0.1, 0.15) is 11.4 Å². The third kappa shape index (κ3) is 2.15. The Hall–Kier alpha value is -1.84. The molecular formula is C11H13N3O. The van der Waals surface area contributed by atoms with Gasteiger partial charge in [-0.15, -0.1) is 0 Å². The van der Waals surface area contributed by atoms with Crippen molar-refractivity contribution in [2.24, 2.45) is 0 Å². The third-order valence-electron chi connectivity index (χ3n) is 2.23. The highest BCUT2D eigenvalue weighted by Crippen LogP contribution is 2.08. The number of nitrogens with zero attached hydrogens (tertiary/aromatic N) is 3. The second kappa shape index (κ2) is 4.13. The van der Waals surface area contributed by atoms with Crippen molar-refractivity contribution in [2.75, 3.05) is 7.11 Å². The molecule has 0 amide bonds. The van der Waals surface area contributed by atoms with Crippen molar-refractivity contribution in [3.05, 3.63) is 41.9 Å². The highest BCUT2D eigenvalue weighted by Gasteiger charge is 2.01. The minimum absolute atomic E-state index is 0.636. The van der Waals surface area contributed by atoms with E-state index in [1.54, 1.807) is 13.3 Å². The molecule has 2 aromatic heterocycles. The summed E-state index contributed by atoms with van der Waals surface area (Å²) >= 11 is 0. The van der Waals surface area contributed by atoms with Gasteiger partial charge in [-0.05, 0) is 19.1 Å². The summed E-state index contributed by atoms with van der Waals surface area (Å²) in [6.45, 7) is 2.70. The number of rotatable bonds is 3. The van der Waals surface area contributed by atoms with Crippen LogP contribution in [0.2, 0.25) is 0 Å². The lowest BCUT2D eigenvalue weighted by atomic mass is 10.3. The van der Waals surface area contributed by atoms with Crippen LogP contribution in [-0.4, -0.2) is 21.9 Å². The molecule has 0 N–H and O–H groups in total. The van der Waals surface area contributed by atoms with E-state index in [1.807, 2.05) is 35.9 Å². The van der Waals surface area contributed by atoms with Gasteiger partial charge in [0.05, 0.1) is 19.3 Å². The van der Waals surface area contributed by atoms with Gasteiger partial charge >= 0.3 is 0 Å². The van der Waals surface area contributed by atoms with Crippen LogP contribution in [0.5, 0.6) is 5.88 Å². The van der Waals surface area contributed by atoms with E-state index in [0.29, 0.717) is 12.4 Å². The van der Waals surface area contributed by atoms with E-state index in [1.165, 1.54) is 0 Å². The van der Waals surface area contributed by atoms with Crippen LogP contribution in [0.4, 0.5) is 0 Å². The molecule has 4 heteroatoms. The van der Waals surface area contributed by atoms with Gasteiger partial charge in [0, 0.05) is 18.0 Å². The predicted molar refractivity (Wildman–Crippen MR) is 56.9 cm³/mol. The predicted octanol–water partition coefficient (Wildman–Crippen LogP) is 1.64. The van der Waals surface area contributed by atoms with Crippen molar-refractivity contribution in [3.63, 3.8) is 0 Å². The van der Waals surface area contributed by atoms with Gasteiger partial charge < -0.3 is 4.74 Å². The van der Waals surface area contributed by atoms with Gasteiger partial charge in [-0.25, -0.2) is 4.98 Å². The molecule has 0 radical (unpaired) electrons. The summed E-state index contributed by atoms with van der Waals surface area (Å²) in [5.41, 5.74) is 2.07. The molecule has 0 fully saturated rings. The molecule has 0 saturated heterocycles. The lowest BCUT2D eigenvalue weighted by molar-refractivity contribution is 0.395. The lowest BCUT2D eigenvalue weighted by Crippen LogP contribution is -2.05. The first kappa shape index (κ1) is 9.71. The maximum absolute atomic E-state index is 5.06. The molecule has 0 unspecified atom stereocenters. The Morgan fingerprint density at radius 1 is 1.33 bits per heavy atom. The monoisotopic (exact) mass is 203 g/mol. The van der Waals surface area contributed by atoms with Gasteiger partial charge in [-0.2, -0.15) is 5.10 Å². The van der Waals surface area contributed by atoms with Gasteiger partial charge in [0.15, 0.2) is 0 Å². The Morgan fingerprint density at radius 2 is 2.20 bits per heavy atom. The fourth-order valence-corrected chi connectivity index (χ4v) is 1.38. The van der Waals surface area contributed by atoms with Crippen LogP contribution in [0.3, 0.4) is 0 Å². The van der Waals surface area contributed by atoms with Gasteiger partial charge in [-0.1, -0.05) is 6.07 Å². The fraction of sp³-hybridized carbons (Fsp3) is 0.273. The van der Waals surface area contributed by atoms with Gasteiger partial charge in [0.2, 0.25) is 5.88 Å². The zero-order valence-corrected chi connectivity index (χ0v) is 8.84. The third-order valence-corrected chi connectivity index (χ3v) is 2.23. The second-order valence-electron chi connectivity index (χ2n) is 3.30. The summed E-state index contributed by atoms with van der Waals surface area (Å²) in [5, 5.41) is 4.20. The summed E-state index contributed by atoms with van der Waals surface area (Å²) < 4.78 is 6.97. The van der Waals surface area contributed by atoms with Crippen LogP contribution in [0, 0.1) is 6.92 Å². The second-order valence-corrected chi connectivity index (χ2v) is 3.30. The first-order chi connectivity index (χ1) is 7.29. The molecule has 2 heterocycles. The molecule has 0 saturated carbocycles. The molecule has 2 aromatic rings. The van der Waals surface area contributed by atoms with Crippen LogP contribution in [-0.2, 0) is 6.54 Å². The zero-order valence-electron chi connectivity index (χ0n) is 8.84. The van der Waals surface area contributed by atoms with Crippen molar-refractivity contribution in [3.8, 4) is 5.88 Å². The molecule has 0 aromatic carbocycles. The van der Waals surface area contributed by atoms with E-state index in [-0.39, 0.29) is 0 Å². The van der Waals surface area contributed by atoms with Crippen molar-refractivity contribution in [1.29, 1.82) is 0 Å². The summed E-state index contributed by atoms with van der Waals surface area (Å²) in [6, 6.07) is 7.70. The van der Waals surface area contributed by atoms with E-state index in [0.717, 1.165) is 11.4 Å². The Labute approximate surface area is 88.5 Å². The molecular weight excluding hydrogens is 190 g/mol. The van der Waals surface area contributed by atoms with E-state index >= 15 is 0 Å². The number of aromatic nitrogens is 3. The normalized spacial score (nSPS) is 10.3. The summed E-state index contributed by atoms with van der Waals surface area (Å²) in [6.07, 6.45) is 1.79. The topological polar surface area (TPSA) is 39.9 Å². The summed E-state index contributed by atoms with van der Waals surface area (Å²) in [5.74, 6) is 0.636. The Balaban J connectivity index is 2.21. The van der Waals surface area contributed by atoms with E-state index in [4.69, 9.17) is 4.74 Å². The average Bonchev–Trinajstić information content (AvgIpc) is 2.65. The number of methoxy groups -OCH3 is 1. The molecule has 78 valence electrons. The molecule has 2 rings (SSSR count).